The molecule has 19 atom stereocenters. The lowest BCUT2D eigenvalue weighted by atomic mass is 9.81. The van der Waals surface area contributed by atoms with Crippen molar-refractivity contribution in [3.63, 3.8) is 0 Å². The molecule has 10 rings (SSSR count). The first-order chi connectivity index (χ1) is 24.6. The molecule has 51 heavy (non-hydrogen) atoms. The monoisotopic (exact) mass is 716 g/mol. The van der Waals surface area contributed by atoms with Gasteiger partial charge in [0.15, 0.2) is 5.79 Å². The van der Waals surface area contributed by atoms with E-state index < -0.39 is 54.3 Å². The lowest BCUT2D eigenvalue weighted by molar-refractivity contribution is -0.293. The molecule has 1 spiro atoms. The van der Waals surface area contributed by atoms with Crippen LogP contribution in [-0.2, 0) is 47.4 Å². The summed E-state index contributed by atoms with van der Waals surface area (Å²) in [5.74, 6) is -1.39. The molecule has 0 aromatic rings. The second-order valence-corrected chi connectivity index (χ2v) is 17.0. The van der Waals surface area contributed by atoms with Crippen molar-refractivity contribution >= 4 is 5.97 Å². The third-order valence-corrected chi connectivity index (χ3v) is 13.6. The molecule has 10 aliphatic rings. The molecule has 0 saturated carbocycles. The number of hydrogen-bond acceptors (Lipinski definition) is 12. The van der Waals surface area contributed by atoms with Crippen LogP contribution >= 0.6 is 0 Å². The van der Waals surface area contributed by atoms with Gasteiger partial charge in [0.25, 0.3) is 0 Å². The summed E-state index contributed by atoms with van der Waals surface area (Å²) in [5.41, 5.74) is 2.12. The molecule has 12 nitrogen and oxygen atoms in total. The Kier molecular flexibility index (Phi) is 9.46. The zero-order chi connectivity index (χ0) is 35.2. The largest absolute Gasteiger partial charge is 0.459 e. The average molecular weight is 717 g/mol. The fourth-order valence-electron chi connectivity index (χ4n) is 10.8. The summed E-state index contributed by atoms with van der Waals surface area (Å²) in [4.78, 5) is 13.8. The van der Waals surface area contributed by atoms with Gasteiger partial charge in [0.1, 0.15) is 36.6 Å². The zero-order valence-electron chi connectivity index (χ0n) is 30.0. The van der Waals surface area contributed by atoms with Crippen LogP contribution in [0.2, 0.25) is 0 Å². The molecule has 12 heteroatoms. The van der Waals surface area contributed by atoms with Gasteiger partial charge in [0, 0.05) is 31.8 Å². The van der Waals surface area contributed by atoms with Gasteiger partial charge in [-0.25, -0.2) is 0 Å². The van der Waals surface area contributed by atoms with Gasteiger partial charge >= 0.3 is 5.97 Å². The predicted molar refractivity (Wildman–Crippen MR) is 179 cm³/mol. The molecule has 1 unspecified atom stereocenters. The van der Waals surface area contributed by atoms with Crippen LogP contribution in [0.15, 0.2) is 24.3 Å². The number of carbonyl (C=O) groups is 1. The summed E-state index contributed by atoms with van der Waals surface area (Å²) in [6.07, 6.45) is 2.38. The Morgan fingerprint density at radius 3 is 2.31 bits per heavy atom. The first-order valence-electron chi connectivity index (χ1n) is 19.7. The number of rotatable bonds is 2. The van der Waals surface area contributed by atoms with Crippen LogP contribution in [0.1, 0.15) is 90.9 Å². The molecule has 2 N–H and O–H groups in total. The Bertz CT molecular complexity index is 1360. The third kappa shape index (κ3) is 6.37. The lowest BCUT2D eigenvalue weighted by Gasteiger charge is -2.47. The fourth-order valence-corrected chi connectivity index (χ4v) is 10.8. The summed E-state index contributed by atoms with van der Waals surface area (Å²) in [5, 5.41) is 21.0. The molecule has 0 radical (unpaired) electrons. The van der Waals surface area contributed by atoms with Crippen molar-refractivity contribution in [2.75, 3.05) is 6.61 Å². The van der Waals surface area contributed by atoms with Gasteiger partial charge in [0.05, 0.1) is 67.5 Å². The van der Waals surface area contributed by atoms with Crippen LogP contribution < -0.4 is 0 Å². The fraction of sp³-hybridized carbons (Fsp3) is 0.872. The van der Waals surface area contributed by atoms with Crippen molar-refractivity contribution in [3.8, 4) is 0 Å². The van der Waals surface area contributed by atoms with Gasteiger partial charge in [-0.15, -0.1) is 0 Å². The molecule has 10 heterocycles. The maximum Gasteiger partial charge on any atom is 0.308 e. The number of aliphatic hydroxyl groups excluding tert-OH is 2. The van der Waals surface area contributed by atoms with Gasteiger partial charge in [0.2, 0.25) is 0 Å². The Morgan fingerprint density at radius 1 is 0.725 bits per heavy atom. The topological polar surface area (TPSA) is 141 Å². The summed E-state index contributed by atoms with van der Waals surface area (Å²) >= 11 is 0. The van der Waals surface area contributed by atoms with E-state index in [-0.39, 0.29) is 86.4 Å². The Balaban J connectivity index is 0.996. The molecular weight excluding hydrogens is 660 g/mol. The number of hydrogen-bond donors (Lipinski definition) is 2. The van der Waals surface area contributed by atoms with Gasteiger partial charge in [-0.1, -0.05) is 27.0 Å². The Hall–Kier alpha value is -1.45. The van der Waals surface area contributed by atoms with Crippen molar-refractivity contribution < 1.29 is 57.6 Å². The molecule has 10 saturated heterocycles. The van der Waals surface area contributed by atoms with E-state index in [1.54, 1.807) is 0 Å². The molecule has 10 fully saturated rings. The zero-order valence-corrected chi connectivity index (χ0v) is 30.0. The minimum Gasteiger partial charge on any atom is -0.459 e. The number of fused-ring (bicyclic) bond motifs is 6. The first-order valence-corrected chi connectivity index (χ1v) is 19.7. The van der Waals surface area contributed by atoms with E-state index in [9.17, 15) is 15.0 Å². The van der Waals surface area contributed by atoms with E-state index in [2.05, 4.69) is 20.1 Å². The highest BCUT2D eigenvalue weighted by Crippen LogP contribution is 2.54. The van der Waals surface area contributed by atoms with Crippen LogP contribution in [-0.4, -0.2) is 126 Å². The molecule has 0 aromatic heterocycles. The maximum absolute atomic E-state index is 13.8. The molecule has 10 aliphatic heterocycles. The van der Waals surface area contributed by atoms with Crippen LogP contribution in [0.3, 0.4) is 0 Å². The van der Waals surface area contributed by atoms with Gasteiger partial charge in [-0.3, -0.25) is 4.79 Å². The predicted octanol–water partition coefficient (Wildman–Crippen LogP) is 3.43. The number of esters is 1. The normalized spacial score (nSPS) is 54.1. The standard InChI is InChI=1S/C39H56O12/c1-18-13-22-5-7-25-19(2)14-24(43-25)9-11-39-17-30-35(50-39)36-37(48-30)38(51-39)34-27(47-36)8-6-23(45-34)15-31(41)49-33-21(4)32(42)26(10-12-40)46-29(33)16-28(44-22)20(18)3/h18,21-30,32-38,40,42H,2-3,5-17H2,1,4H3/t18-,21+,22+,23-,24+,25+,26+,27+,28-,29+,30+,32+,33-,34+,35+,36?,37-,38+,39+/m1/s1. The van der Waals surface area contributed by atoms with Crippen LogP contribution in [0.4, 0.5) is 0 Å². The van der Waals surface area contributed by atoms with E-state index in [1.165, 1.54) is 0 Å². The molecular formula is C39H56O12. The molecule has 284 valence electrons. The number of ether oxygens (including phenoxy) is 9. The van der Waals surface area contributed by atoms with Gasteiger partial charge < -0.3 is 52.8 Å². The summed E-state index contributed by atoms with van der Waals surface area (Å²) in [7, 11) is 0. The SMILES string of the molecule is C=C1C[C@@H]2CC[C@@]34C[C@@H]5O[C@@H]6C(O[C@H]7CC[C@H](CC(=O)O[C@@H]8[C@@H](C)[C@H](O)[C@H](CCO)O[C@H]8C[C@H]8O[C@@H](CC[C@@H]1O2)C[C@@H](C)C8=C)O[C@@H]7[C@@H]6O3)[C@H]5O4. The van der Waals surface area contributed by atoms with E-state index in [1.807, 2.05) is 6.92 Å². The van der Waals surface area contributed by atoms with E-state index >= 15 is 0 Å². The van der Waals surface area contributed by atoms with Crippen LogP contribution in [0.5, 0.6) is 0 Å². The van der Waals surface area contributed by atoms with Gasteiger partial charge in [-0.2, -0.15) is 0 Å². The molecule has 0 aliphatic carbocycles. The van der Waals surface area contributed by atoms with Crippen molar-refractivity contribution in [2.24, 2.45) is 11.8 Å². The summed E-state index contributed by atoms with van der Waals surface area (Å²) in [6.45, 7) is 12.8. The Morgan fingerprint density at radius 2 is 1.47 bits per heavy atom. The number of carbonyl (C=O) groups excluding carboxylic acids is 1. The van der Waals surface area contributed by atoms with Crippen molar-refractivity contribution in [2.45, 2.75) is 194 Å². The summed E-state index contributed by atoms with van der Waals surface area (Å²) < 4.78 is 59.6. The van der Waals surface area contributed by atoms with Gasteiger partial charge in [-0.05, 0) is 68.4 Å². The van der Waals surface area contributed by atoms with Crippen molar-refractivity contribution in [1.82, 2.24) is 0 Å². The minimum atomic E-state index is -0.905. The highest BCUT2D eigenvalue weighted by molar-refractivity contribution is 5.70. The third-order valence-electron chi connectivity index (χ3n) is 13.6. The average Bonchev–Trinajstić information content (AvgIpc) is 3.68. The Labute approximate surface area is 300 Å². The van der Waals surface area contributed by atoms with Crippen LogP contribution in [0.25, 0.3) is 0 Å². The van der Waals surface area contributed by atoms with E-state index in [0.717, 1.165) is 49.7 Å². The lowest BCUT2D eigenvalue weighted by Crippen LogP contribution is -2.61. The van der Waals surface area contributed by atoms with E-state index in [4.69, 9.17) is 42.6 Å². The van der Waals surface area contributed by atoms with Crippen molar-refractivity contribution in [1.29, 1.82) is 0 Å². The first kappa shape index (κ1) is 35.3. The van der Waals surface area contributed by atoms with Crippen LogP contribution in [0, 0.1) is 11.8 Å². The highest BCUT2D eigenvalue weighted by atomic mass is 16.8. The summed E-state index contributed by atoms with van der Waals surface area (Å²) in [6, 6.07) is 0. The van der Waals surface area contributed by atoms with E-state index in [0.29, 0.717) is 25.7 Å². The van der Waals surface area contributed by atoms with Crippen molar-refractivity contribution in [3.05, 3.63) is 24.3 Å². The second kappa shape index (κ2) is 13.7. The minimum absolute atomic E-state index is 0.0000349. The second-order valence-electron chi connectivity index (χ2n) is 17.0. The number of aliphatic hydroxyl groups is 2. The molecule has 0 aromatic carbocycles. The molecule has 12 bridgehead atoms. The smallest absolute Gasteiger partial charge is 0.308 e. The molecule has 0 amide bonds. The highest BCUT2D eigenvalue weighted by Gasteiger charge is 2.68. The quantitative estimate of drug-likeness (QED) is 0.320. The maximum atomic E-state index is 13.8.